The van der Waals surface area contributed by atoms with Crippen molar-refractivity contribution in [2.24, 2.45) is 5.92 Å². The van der Waals surface area contributed by atoms with Crippen LogP contribution in [0.25, 0.3) is 11.1 Å². The van der Waals surface area contributed by atoms with E-state index in [1.165, 1.54) is 18.2 Å². The van der Waals surface area contributed by atoms with Gasteiger partial charge in [0.1, 0.15) is 6.61 Å². The molecule has 2 aliphatic rings. The quantitative estimate of drug-likeness (QED) is 0.435. The van der Waals surface area contributed by atoms with Gasteiger partial charge in [0.2, 0.25) is 5.91 Å². The van der Waals surface area contributed by atoms with E-state index in [-0.39, 0.29) is 46.7 Å². The third-order valence-electron chi connectivity index (χ3n) is 6.64. The third-order valence-corrected chi connectivity index (χ3v) is 6.88. The predicted molar refractivity (Wildman–Crippen MR) is 132 cm³/mol. The number of carboxylic acid groups (broad SMARTS) is 1. The summed E-state index contributed by atoms with van der Waals surface area (Å²) >= 11 is 5.85. The van der Waals surface area contributed by atoms with Gasteiger partial charge in [0, 0.05) is 22.9 Å². The van der Waals surface area contributed by atoms with Crippen molar-refractivity contribution >= 4 is 35.3 Å². The van der Waals surface area contributed by atoms with Crippen LogP contribution in [0, 0.1) is 5.92 Å². The molecule has 0 atom stereocenters. The molecule has 2 aliphatic carbocycles. The largest absolute Gasteiger partial charge is 0.478 e. The molecule has 0 bridgehead atoms. The Kier molecular flexibility index (Phi) is 6.17. The second-order valence-corrected chi connectivity index (χ2v) is 9.26. The average molecular weight is 491 g/mol. The van der Waals surface area contributed by atoms with Crippen LogP contribution in [0.15, 0.2) is 66.7 Å². The smallest absolute Gasteiger partial charge is 0.407 e. The van der Waals surface area contributed by atoms with E-state index in [0.29, 0.717) is 12.8 Å². The molecule has 0 heterocycles. The highest BCUT2D eigenvalue weighted by Gasteiger charge is 2.36. The third kappa shape index (κ3) is 4.59. The second kappa shape index (κ2) is 9.43. The first-order chi connectivity index (χ1) is 16.9. The van der Waals surface area contributed by atoms with Gasteiger partial charge in [-0.2, -0.15) is 0 Å². The Morgan fingerprint density at radius 3 is 2.20 bits per heavy atom. The molecule has 7 nitrogen and oxygen atoms in total. The molecule has 0 aliphatic heterocycles. The zero-order valence-electron chi connectivity index (χ0n) is 18.7. The number of benzene rings is 3. The van der Waals surface area contributed by atoms with Gasteiger partial charge < -0.3 is 20.5 Å². The lowest BCUT2D eigenvalue weighted by Gasteiger charge is -2.34. The monoisotopic (exact) mass is 490 g/mol. The van der Waals surface area contributed by atoms with Crippen LogP contribution in [0.2, 0.25) is 5.02 Å². The van der Waals surface area contributed by atoms with Crippen LogP contribution in [0.4, 0.5) is 10.5 Å². The Labute approximate surface area is 207 Å². The van der Waals surface area contributed by atoms with Gasteiger partial charge in [0.05, 0.1) is 11.3 Å². The first-order valence-corrected chi connectivity index (χ1v) is 11.7. The number of nitrogens with one attached hydrogen (secondary N) is 2. The average Bonchev–Trinajstić information content (AvgIpc) is 3.14. The Hall–Kier alpha value is -3.84. The minimum absolute atomic E-state index is 0.0177. The summed E-state index contributed by atoms with van der Waals surface area (Å²) in [6.45, 7) is 0.227. The lowest BCUT2D eigenvalue weighted by Crippen LogP contribution is -2.48. The summed E-state index contributed by atoms with van der Waals surface area (Å²) in [4.78, 5) is 36.4. The van der Waals surface area contributed by atoms with Gasteiger partial charge in [-0.15, -0.1) is 0 Å². The number of aromatic carboxylic acids is 1. The maximum atomic E-state index is 12.5. The summed E-state index contributed by atoms with van der Waals surface area (Å²) < 4.78 is 5.56. The molecule has 0 spiro atoms. The predicted octanol–water partition coefficient (Wildman–Crippen LogP) is 5.29. The van der Waals surface area contributed by atoms with Crippen molar-refractivity contribution in [2.75, 3.05) is 11.9 Å². The molecule has 0 unspecified atom stereocenters. The van der Waals surface area contributed by atoms with Crippen LogP contribution < -0.4 is 10.6 Å². The molecule has 5 rings (SSSR count). The number of rotatable bonds is 6. The van der Waals surface area contributed by atoms with Crippen molar-refractivity contribution in [3.63, 3.8) is 0 Å². The van der Waals surface area contributed by atoms with E-state index < -0.39 is 12.1 Å². The number of carbonyl (C=O) groups excluding carboxylic acids is 2. The topological polar surface area (TPSA) is 105 Å². The van der Waals surface area contributed by atoms with E-state index in [1.54, 1.807) is 0 Å². The molecule has 178 valence electrons. The van der Waals surface area contributed by atoms with Crippen molar-refractivity contribution < 1.29 is 24.2 Å². The maximum absolute atomic E-state index is 12.5. The van der Waals surface area contributed by atoms with E-state index >= 15 is 0 Å². The summed E-state index contributed by atoms with van der Waals surface area (Å²) in [5.74, 6) is -1.81. The Morgan fingerprint density at radius 2 is 1.57 bits per heavy atom. The van der Waals surface area contributed by atoms with E-state index in [4.69, 9.17) is 16.3 Å². The fourth-order valence-corrected chi connectivity index (χ4v) is 4.97. The van der Waals surface area contributed by atoms with Crippen molar-refractivity contribution in [1.29, 1.82) is 0 Å². The van der Waals surface area contributed by atoms with Crippen LogP contribution in [-0.4, -0.2) is 35.7 Å². The highest BCUT2D eigenvalue weighted by Crippen LogP contribution is 2.44. The van der Waals surface area contributed by atoms with Crippen LogP contribution in [-0.2, 0) is 9.53 Å². The molecular formula is C27H23ClN2O5. The van der Waals surface area contributed by atoms with Gasteiger partial charge in [0.25, 0.3) is 0 Å². The SMILES string of the molecule is O=C(NC1CC(C(=O)Nc2ccc(Cl)cc2C(=O)O)C1)OCC1c2ccccc2-c2ccccc21. The van der Waals surface area contributed by atoms with Gasteiger partial charge in [-0.25, -0.2) is 9.59 Å². The molecule has 2 amide bonds. The maximum Gasteiger partial charge on any atom is 0.407 e. The highest BCUT2D eigenvalue weighted by atomic mass is 35.5. The Balaban J connectivity index is 1.13. The minimum atomic E-state index is -1.17. The summed E-state index contributed by atoms with van der Waals surface area (Å²) in [5, 5.41) is 15.1. The summed E-state index contributed by atoms with van der Waals surface area (Å²) in [7, 11) is 0. The van der Waals surface area contributed by atoms with Crippen molar-refractivity contribution in [3.8, 4) is 11.1 Å². The summed E-state index contributed by atoms with van der Waals surface area (Å²) in [5.41, 5.74) is 4.74. The number of hydrogen-bond acceptors (Lipinski definition) is 4. The van der Waals surface area contributed by atoms with E-state index in [1.807, 2.05) is 24.3 Å². The zero-order valence-corrected chi connectivity index (χ0v) is 19.4. The summed E-state index contributed by atoms with van der Waals surface area (Å²) in [6.07, 6.45) is 0.388. The number of fused-ring (bicyclic) bond motifs is 3. The standard InChI is InChI=1S/C27H23ClN2O5/c28-16-9-10-24(22(13-16)26(32)33)30-25(31)15-11-17(12-15)29-27(34)35-14-23-20-7-3-1-5-18(20)19-6-2-4-8-21(19)23/h1-10,13,15,17,23H,11-12,14H2,(H,29,34)(H,30,31)(H,32,33). The normalized spacial score (nSPS) is 18.1. The molecule has 35 heavy (non-hydrogen) atoms. The first kappa shape index (κ1) is 22.9. The fraction of sp³-hybridized carbons (Fsp3) is 0.222. The number of amides is 2. The molecule has 1 fully saturated rings. The number of hydrogen-bond donors (Lipinski definition) is 3. The number of alkyl carbamates (subject to hydrolysis) is 1. The van der Waals surface area contributed by atoms with Crippen molar-refractivity contribution in [1.82, 2.24) is 5.32 Å². The van der Waals surface area contributed by atoms with Crippen molar-refractivity contribution in [3.05, 3.63) is 88.4 Å². The number of carboxylic acids is 1. The number of halogens is 1. The summed E-state index contributed by atoms with van der Waals surface area (Å²) in [6, 6.07) is 20.4. The minimum Gasteiger partial charge on any atom is -0.478 e. The van der Waals surface area contributed by atoms with Gasteiger partial charge in [0.15, 0.2) is 0 Å². The van der Waals surface area contributed by atoms with Gasteiger partial charge >= 0.3 is 12.1 Å². The lowest BCUT2D eigenvalue weighted by molar-refractivity contribution is -0.122. The van der Waals surface area contributed by atoms with Crippen molar-refractivity contribution in [2.45, 2.75) is 24.8 Å². The van der Waals surface area contributed by atoms with Crippen LogP contribution in [0.5, 0.6) is 0 Å². The molecule has 0 radical (unpaired) electrons. The van der Waals surface area contributed by atoms with E-state index in [2.05, 4.69) is 34.9 Å². The van der Waals surface area contributed by atoms with E-state index in [9.17, 15) is 19.5 Å². The van der Waals surface area contributed by atoms with Gasteiger partial charge in [-0.3, -0.25) is 4.79 Å². The molecule has 3 aromatic carbocycles. The van der Waals surface area contributed by atoms with Crippen LogP contribution >= 0.6 is 11.6 Å². The molecule has 0 aromatic heterocycles. The number of carbonyl (C=O) groups is 3. The molecule has 1 saturated carbocycles. The fourth-order valence-electron chi connectivity index (χ4n) is 4.79. The molecule has 3 aromatic rings. The Morgan fingerprint density at radius 1 is 0.943 bits per heavy atom. The zero-order chi connectivity index (χ0) is 24.5. The molecule has 0 saturated heterocycles. The Bertz CT molecular complexity index is 1270. The van der Waals surface area contributed by atoms with Gasteiger partial charge in [-0.05, 0) is 53.3 Å². The molecule has 8 heteroatoms. The van der Waals surface area contributed by atoms with Crippen LogP contribution in [0.3, 0.4) is 0 Å². The first-order valence-electron chi connectivity index (χ1n) is 11.4. The molecular weight excluding hydrogens is 468 g/mol. The molecule has 3 N–H and O–H groups in total. The number of anilines is 1. The highest BCUT2D eigenvalue weighted by molar-refractivity contribution is 6.31. The van der Waals surface area contributed by atoms with Crippen LogP contribution in [0.1, 0.15) is 40.2 Å². The number of ether oxygens (including phenoxy) is 1. The van der Waals surface area contributed by atoms with Gasteiger partial charge in [-0.1, -0.05) is 60.1 Å². The lowest BCUT2D eigenvalue weighted by atomic mass is 9.79. The van der Waals surface area contributed by atoms with E-state index in [0.717, 1.165) is 22.3 Å². The second-order valence-electron chi connectivity index (χ2n) is 8.82.